The lowest BCUT2D eigenvalue weighted by molar-refractivity contribution is 0.0254. The Morgan fingerprint density at radius 3 is 2.62 bits per heavy atom. The molecule has 7 nitrogen and oxygen atoms in total. The van der Waals surface area contributed by atoms with E-state index >= 15 is 0 Å². The number of carbonyl (C=O) groups is 1. The summed E-state index contributed by atoms with van der Waals surface area (Å²) in [6.07, 6.45) is 7.14. The summed E-state index contributed by atoms with van der Waals surface area (Å²) in [6, 6.07) is 6.42. The number of hydrogen-bond donors (Lipinski definition) is 0. The number of ether oxygens (including phenoxy) is 1. The Kier molecular flexibility index (Phi) is 5.82. The van der Waals surface area contributed by atoms with E-state index in [4.69, 9.17) is 16.3 Å². The first kappa shape index (κ1) is 22.4. The molecule has 0 bridgehead atoms. The molecule has 6 rings (SSSR count). The minimum atomic E-state index is 0.00473. The van der Waals surface area contributed by atoms with Gasteiger partial charge in [0.15, 0.2) is 0 Å². The molecule has 1 amide bonds. The first-order chi connectivity index (χ1) is 16.5. The Bertz CT molecular complexity index is 1050. The van der Waals surface area contributed by atoms with Crippen molar-refractivity contribution in [1.29, 1.82) is 0 Å². The van der Waals surface area contributed by atoms with E-state index in [0.29, 0.717) is 17.3 Å². The molecular weight excluding hydrogens is 450 g/mol. The van der Waals surface area contributed by atoms with Crippen molar-refractivity contribution in [3.05, 3.63) is 46.7 Å². The topological polar surface area (TPSA) is 53.8 Å². The fourth-order valence-electron chi connectivity index (χ4n) is 6.60. The van der Waals surface area contributed by atoms with Crippen LogP contribution in [0.25, 0.3) is 0 Å². The number of aromatic nitrogens is 2. The van der Waals surface area contributed by atoms with Crippen molar-refractivity contribution in [3.63, 3.8) is 0 Å². The molecule has 34 heavy (non-hydrogen) atoms. The number of fused-ring (bicyclic) bond motifs is 1. The summed E-state index contributed by atoms with van der Waals surface area (Å²) in [5.74, 6) is 1.07. The normalized spacial score (nSPS) is 26.5. The number of aryl methyl sites for hydroxylation is 1. The molecule has 2 atom stereocenters. The van der Waals surface area contributed by atoms with Crippen molar-refractivity contribution < 1.29 is 9.53 Å². The highest BCUT2D eigenvalue weighted by atomic mass is 35.5. The number of carbonyl (C=O) groups excluding carboxylic acids is 1. The average molecular weight is 484 g/mol. The van der Waals surface area contributed by atoms with Crippen molar-refractivity contribution in [2.24, 2.45) is 17.3 Å². The van der Waals surface area contributed by atoms with Gasteiger partial charge in [-0.1, -0.05) is 17.7 Å². The number of hydrogen-bond acceptors (Lipinski definition) is 5. The largest absolute Gasteiger partial charge is 0.381 e. The van der Waals surface area contributed by atoms with Gasteiger partial charge in [0.2, 0.25) is 0 Å². The van der Waals surface area contributed by atoms with Gasteiger partial charge in [0.05, 0.1) is 6.20 Å². The number of benzene rings is 1. The maximum Gasteiger partial charge on any atom is 0.344 e. The van der Waals surface area contributed by atoms with Crippen molar-refractivity contribution in [2.75, 3.05) is 57.4 Å². The lowest BCUT2D eigenvalue weighted by atomic mass is 9.80. The third-order valence-electron chi connectivity index (χ3n) is 8.51. The molecule has 4 fully saturated rings. The second kappa shape index (κ2) is 8.85. The second-order valence-corrected chi connectivity index (χ2v) is 11.4. The van der Waals surface area contributed by atoms with Gasteiger partial charge in [-0.2, -0.15) is 9.78 Å². The molecule has 4 aliphatic heterocycles. The smallest absolute Gasteiger partial charge is 0.344 e. The van der Waals surface area contributed by atoms with E-state index in [0.717, 1.165) is 69.6 Å². The molecule has 1 spiro atoms. The Labute approximate surface area is 206 Å². The van der Waals surface area contributed by atoms with Gasteiger partial charge < -0.3 is 14.5 Å². The number of likely N-dealkylation sites (tertiary alicyclic amines) is 2. The lowest BCUT2D eigenvalue weighted by Crippen LogP contribution is -2.36. The van der Waals surface area contributed by atoms with E-state index in [1.165, 1.54) is 35.2 Å². The Balaban J connectivity index is 1.11. The Morgan fingerprint density at radius 2 is 1.91 bits per heavy atom. The molecule has 2 unspecified atom stereocenters. The van der Waals surface area contributed by atoms with Gasteiger partial charge in [0, 0.05) is 75.9 Å². The second-order valence-electron chi connectivity index (χ2n) is 10.9. The molecule has 0 N–H and O–H groups in total. The van der Waals surface area contributed by atoms with Crippen LogP contribution >= 0.6 is 11.6 Å². The third-order valence-corrected chi connectivity index (χ3v) is 8.75. The standard InChI is InChI=1S/C26H34ClN5O2/c1-19-11-28-32(12-19)25(33)31-16-21-14-29(15-22(21)17-31)13-20-2-3-23(27)10-24(20)30-7-4-26(18-30)5-8-34-9-6-26/h2-3,10-12,21-22H,4-9,13-18H2,1H3. The molecule has 1 aromatic heterocycles. The van der Waals surface area contributed by atoms with Gasteiger partial charge in [-0.25, -0.2) is 4.79 Å². The van der Waals surface area contributed by atoms with Gasteiger partial charge >= 0.3 is 6.03 Å². The summed E-state index contributed by atoms with van der Waals surface area (Å²) in [7, 11) is 0. The summed E-state index contributed by atoms with van der Waals surface area (Å²) >= 11 is 6.46. The van der Waals surface area contributed by atoms with Gasteiger partial charge in [-0.15, -0.1) is 0 Å². The number of anilines is 1. The molecule has 1 aromatic carbocycles. The molecule has 4 aliphatic rings. The van der Waals surface area contributed by atoms with E-state index in [-0.39, 0.29) is 6.03 Å². The first-order valence-corrected chi connectivity index (χ1v) is 13.0. The molecule has 5 heterocycles. The summed E-state index contributed by atoms with van der Waals surface area (Å²) in [6.45, 7) is 10.6. The zero-order valence-electron chi connectivity index (χ0n) is 20.0. The minimum Gasteiger partial charge on any atom is -0.381 e. The SMILES string of the molecule is Cc1cnn(C(=O)N2CC3CN(Cc4ccc(Cl)cc4N4CCC5(CCOCC5)C4)CC3C2)c1. The number of halogens is 1. The molecule has 2 aromatic rings. The predicted octanol–water partition coefficient (Wildman–Crippen LogP) is 3.88. The quantitative estimate of drug-likeness (QED) is 0.663. The molecule has 0 radical (unpaired) electrons. The summed E-state index contributed by atoms with van der Waals surface area (Å²) in [5.41, 5.74) is 4.09. The number of nitrogens with zero attached hydrogens (tertiary/aromatic N) is 5. The van der Waals surface area contributed by atoms with Crippen molar-refractivity contribution in [1.82, 2.24) is 19.6 Å². The van der Waals surface area contributed by atoms with Crippen LogP contribution in [0, 0.1) is 24.2 Å². The molecule has 4 saturated heterocycles. The van der Waals surface area contributed by atoms with Gasteiger partial charge in [0.25, 0.3) is 0 Å². The average Bonchev–Trinajstić information content (AvgIpc) is 3.59. The maximum absolute atomic E-state index is 12.8. The van der Waals surface area contributed by atoms with Crippen molar-refractivity contribution >= 4 is 23.3 Å². The highest BCUT2D eigenvalue weighted by molar-refractivity contribution is 6.30. The Hall–Kier alpha value is -2.09. The zero-order valence-corrected chi connectivity index (χ0v) is 20.7. The van der Waals surface area contributed by atoms with E-state index in [1.54, 1.807) is 6.20 Å². The van der Waals surface area contributed by atoms with Crippen molar-refractivity contribution in [2.45, 2.75) is 32.7 Å². The van der Waals surface area contributed by atoms with Crippen LogP contribution < -0.4 is 4.90 Å². The number of amides is 1. The van der Waals surface area contributed by atoms with Crippen LogP contribution in [-0.4, -0.2) is 78.1 Å². The lowest BCUT2D eigenvalue weighted by Gasteiger charge is -2.34. The molecule has 0 aliphatic carbocycles. The molecule has 0 saturated carbocycles. The van der Waals surface area contributed by atoms with Crippen LogP contribution in [0.3, 0.4) is 0 Å². The van der Waals surface area contributed by atoms with Crippen LogP contribution in [0.15, 0.2) is 30.6 Å². The van der Waals surface area contributed by atoms with Gasteiger partial charge in [-0.05, 0) is 66.7 Å². The third kappa shape index (κ3) is 4.23. The van der Waals surface area contributed by atoms with E-state index < -0.39 is 0 Å². The number of rotatable bonds is 3. The van der Waals surface area contributed by atoms with Crippen LogP contribution in [-0.2, 0) is 11.3 Å². The first-order valence-electron chi connectivity index (χ1n) is 12.6. The monoisotopic (exact) mass is 483 g/mol. The summed E-state index contributed by atoms with van der Waals surface area (Å²) < 4.78 is 7.12. The fourth-order valence-corrected chi connectivity index (χ4v) is 6.76. The van der Waals surface area contributed by atoms with E-state index in [1.807, 2.05) is 24.1 Å². The minimum absolute atomic E-state index is 0.00473. The molecule has 8 heteroatoms. The summed E-state index contributed by atoms with van der Waals surface area (Å²) in [4.78, 5) is 19.9. The van der Waals surface area contributed by atoms with Gasteiger partial charge in [0.1, 0.15) is 0 Å². The highest BCUT2D eigenvalue weighted by Crippen LogP contribution is 2.43. The highest BCUT2D eigenvalue weighted by Gasteiger charge is 2.43. The fraction of sp³-hybridized carbons (Fsp3) is 0.615. The van der Waals surface area contributed by atoms with Crippen molar-refractivity contribution in [3.8, 4) is 0 Å². The summed E-state index contributed by atoms with van der Waals surface area (Å²) in [5, 5.41) is 5.02. The van der Waals surface area contributed by atoms with Crippen LogP contribution in [0.5, 0.6) is 0 Å². The van der Waals surface area contributed by atoms with Crippen LogP contribution in [0.1, 0.15) is 30.4 Å². The van der Waals surface area contributed by atoms with Crippen LogP contribution in [0.2, 0.25) is 5.02 Å². The Morgan fingerprint density at radius 1 is 1.15 bits per heavy atom. The zero-order chi connectivity index (χ0) is 23.3. The molecular formula is C26H34ClN5O2. The maximum atomic E-state index is 12.8. The predicted molar refractivity (Wildman–Crippen MR) is 132 cm³/mol. The molecule has 182 valence electrons. The van der Waals surface area contributed by atoms with Gasteiger partial charge in [-0.3, -0.25) is 4.90 Å². The van der Waals surface area contributed by atoms with E-state index in [2.05, 4.69) is 27.0 Å². The van der Waals surface area contributed by atoms with E-state index in [9.17, 15) is 4.79 Å². The van der Waals surface area contributed by atoms with Crippen LogP contribution in [0.4, 0.5) is 10.5 Å².